The Morgan fingerprint density at radius 3 is 2.48 bits per heavy atom. The van der Waals surface area contributed by atoms with Crippen LogP contribution in [0.1, 0.15) is 58.4 Å². The quantitative estimate of drug-likeness (QED) is 0.150. The van der Waals surface area contributed by atoms with Crippen molar-refractivity contribution in [2.75, 3.05) is 20.2 Å². The Hall–Kier alpha value is -4.52. The Labute approximate surface area is 260 Å². The van der Waals surface area contributed by atoms with Crippen molar-refractivity contribution in [3.8, 4) is 11.4 Å². The molecule has 44 heavy (non-hydrogen) atoms. The van der Waals surface area contributed by atoms with Gasteiger partial charge in [0.05, 0.1) is 24.9 Å². The number of carbonyl (C=O) groups is 2. The lowest BCUT2D eigenvalue weighted by Gasteiger charge is -2.14. The highest BCUT2D eigenvalue weighted by atomic mass is 35.5. The van der Waals surface area contributed by atoms with Crippen molar-refractivity contribution in [3.63, 3.8) is 0 Å². The van der Waals surface area contributed by atoms with Gasteiger partial charge in [0.25, 0.3) is 5.91 Å². The molecule has 0 saturated carbocycles. The van der Waals surface area contributed by atoms with Gasteiger partial charge in [-0.25, -0.2) is 0 Å². The van der Waals surface area contributed by atoms with Gasteiger partial charge in [-0.3, -0.25) is 19.1 Å². The molecule has 0 bridgehead atoms. The van der Waals surface area contributed by atoms with E-state index in [-0.39, 0.29) is 23.7 Å². The van der Waals surface area contributed by atoms with Gasteiger partial charge in [0.15, 0.2) is 5.82 Å². The molecule has 0 saturated heterocycles. The molecule has 0 radical (unpaired) electrons. The van der Waals surface area contributed by atoms with Crippen molar-refractivity contribution in [2.24, 2.45) is 4.99 Å². The van der Waals surface area contributed by atoms with E-state index in [1.807, 2.05) is 41.8 Å². The van der Waals surface area contributed by atoms with E-state index in [0.29, 0.717) is 59.6 Å². The molecule has 0 unspecified atom stereocenters. The third-order valence-corrected chi connectivity index (χ3v) is 7.54. The second kappa shape index (κ2) is 13.9. The summed E-state index contributed by atoms with van der Waals surface area (Å²) in [4.78, 5) is 30.6. The molecule has 11 nitrogen and oxygen atoms in total. The van der Waals surface area contributed by atoms with E-state index in [0.717, 1.165) is 16.8 Å². The number of amides is 2. The van der Waals surface area contributed by atoms with Gasteiger partial charge in [0, 0.05) is 34.8 Å². The number of aromatic nitrogens is 3. The van der Waals surface area contributed by atoms with Crippen LogP contribution in [0.15, 0.2) is 71.7 Å². The first-order chi connectivity index (χ1) is 21.2. The summed E-state index contributed by atoms with van der Waals surface area (Å²) in [6.07, 6.45) is 1.34. The maximum absolute atomic E-state index is 13.1. The summed E-state index contributed by atoms with van der Waals surface area (Å²) in [5, 5.41) is 33.7. The van der Waals surface area contributed by atoms with Gasteiger partial charge in [-0.05, 0) is 67.7 Å². The van der Waals surface area contributed by atoms with Gasteiger partial charge in [0.2, 0.25) is 5.91 Å². The van der Waals surface area contributed by atoms with E-state index < -0.39 is 13.2 Å². The maximum Gasteiger partial charge on any atom is 0.488 e. The summed E-state index contributed by atoms with van der Waals surface area (Å²) >= 11 is 6.17. The topological polar surface area (TPSA) is 151 Å². The van der Waals surface area contributed by atoms with E-state index in [9.17, 15) is 19.6 Å². The Balaban J connectivity index is 1.25. The average Bonchev–Trinajstić information content (AvgIpc) is 3.35. The van der Waals surface area contributed by atoms with Crippen molar-refractivity contribution in [1.29, 1.82) is 0 Å². The first kappa shape index (κ1) is 30.9. The van der Waals surface area contributed by atoms with E-state index in [1.54, 1.807) is 31.4 Å². The van der Waals surface area contributed by atoms with Crippen LogP contribution < -0.4 is 20.8 Å². The van der Waals surface area contributed by atoms with Gasteiger partial charge in [0.1, 0.15) is 17.6 Å². The third-order valence-electron chi connectivity index (χ3n) is 7.29. The molecule has 1 aliphatic rings. The van der Waals surface area contributed by atoms with Gasteiger partial charge in [-0.2, -0.15) is 0 Å². The van der Waals surface area contributed by atoms with Crippen LogP contribution in [0.25, 0.3) is 5.69 Å². The van der Waals surface area contributed by atoms with Crippen LogP contribution in [0.4, 0.5) is 0 Å². The standard InChI is InChI=1S/C31H32BClN6O5/c1-19-37-38-30-26(18-28(40)34-14-3-4-15-35-31(41)21-6-5-7-22(16-21)32(42)43)36-29(20-8-10-23(33)11-9-20)25-17-24(44-2)12-13-27(25)39(19)30/h5-13,16-17,26,42-43H,3-4,14-15,18H2,1-2H3,(H,34,40)(H,35,41)/t26-/m0/s1. The van der Waals surface area contributed by atoms with Gasteiger partial charge in [-0.1, -0.05) is 35.9 Å². The second-order valence-electron chi connectivity index (χ2n) is 10.3. The molecule has 0 aliphatic carbocycles. The highest BCUT2D eigenvalue weighted by molar-refractivity contribution is 6.58. The molecule has 2 amide bonds. The fourth-order valence-corrected chi connectivity index (χ4v) is 5.17. The van der Waals surface area contributed by atoms with Crippen LogP contribution >= 0.6 is 11.6 Å². The van der Waals surface area contributed by atoms with E-state index in [4.69, 9.17) is 21.3 Å². The molecule has 3 aromatic carbocycles. The first-order valence-corrected chi connectivity index (χ1v) is 14.6. The molecular weight excluding hydrogens is 583 g/mol. The summed E-state index contributed by atoms with van der Waals surface area (Å²) in [6, 6.07) is 18.7. The average molecular weight is 615 g/mol. The normalized spacial score (nSPS) is 13.7. The number of hydrogen-bond acceptors (Lipinski definition) is 8. The molecule has 2 heterocycles. The Bertz CT molecular complexity index is 1690. The fraction of sp³-hybridized carbons (Fsp3) is 0.258. The zero-order chi connectivity index (χ0) is 31.2. The van der Waals surface area contributed by atoms with Crippen LogP contribution in [0, 0.1) is 6.92 Å². The molecule has 1 atom stereocenters. The monoisotopic (exact) mass is 614 g/mol. The number of ether oxygens (including phenoxy) is 1. The molecule has 13 heteroatoms. The number of hydrogen-bond donors (Lipinski definition) is 4. The number of aryl methyl sites for hydroxylation is 1. The highest BCUT2D eigenvalue weighted by Gasteiger charge is 2.30. The molecule has 0 spiro atoms. The van der Waals surface area contributed by atoms with Crippen molar-refractivity contribution >= 4 is 41.7 Å². The molecular formula is C31H32BClN6O5. The zero-order valence-electron chi connectivity index (χ0n) is 24.3. The minimum atomic E-state index is -1.64. The molecule has 1 aromatic heterocycles. The van der Waals surface area contributed by atoms with Crippen LogP contribution in [0.2, 0.25) is 5.02 Å². The molecule has 0 fully saturated rings. The van der Waals surface area contributed by atoms with Gasteiger partial charge >= 0.3 is 7.12 Å². The lowest BCUT2D eigenvalue weighted by Crippen LogP contribution is -2.32. The molecule has 1 aliphatic heterocycles. The van der Waals surface area contributed by atoms with Crippen molar-refractivity contribution < 1.29 is 24.4 Å². The molecule has 4 N–H and O–H groups in total. The summed E-state index contributed by atoms with van der Waals surface area (Å²) < 4.78 is 7.44. The van der Waals surface area contributed by atoms with Crippen molar-refractivity contribution in [1.82, 2.24) is 25.4 Å². The number of unbranched alkanes of at least 4 members (excludes halogenated alkanes) is 1. The zero-order valence-corrected chi connectivity index (χ0v) is 25.1. The second-order valence-corrected chi connectivity index (χ2v) is 10.8. The molecule has 4 aromatic rings. The molecule has 5 rings (SSSR count). The lowest BCUT2D eigenvalue weighted by atomic mass is 9.79. The first-order valence-electron chi connectivity index (χ1n) is 14.2. The summed E-state index contributed by atoms with van der Waals surface area (Å²) in [5.41, 5.74) is 3.77. The highest BCUT2D eigenvalue weighted by Crippen LogP contribution is 2.34. The Morgan fingerprint density at radius 2 is 1.75 bits per heavy atom. The van der Waals surface area contributed by atoms with E-state index in [1.165, 1.54) is 12.1 Å². The van der Waals surface area contributed by atoms with Crippen LogP contribution in [-0.4, -0.2) is 69.7 Å². The number of fused-ring (bicyclic) bond motifs is 3. The number of nitrogens with one attached hydrogen (secondary N) is 2. The predicted molar refractivity (Wildman–Crippen MR) is 168 cm³/mol. The number of nitrogens with zero attached hydrogens (tertiary/aromatic N) is 4. The van der Waals surface area contributed by atoms with Gasteiger partial charge in [-0.15, -0.1) is 10.2 Å². The van der Waals surface area contributed by atoms with Crippen LogP contribution in [0.3, 0.4) is 0 Å². The summed E-state index contributed by atoms with van der Waals surface area (Å²) in [6.45, 7) is 2.69. The number of methoxy groups -OCH3 is 1. The summed E-state index contributed by atoms with van der Waals surface area (Å²) in [7, 11) is -0.0323. The smallest absolute Gasteiger partial charge is 0.488 e. The predicted octanol–water partition coefficient (Wildman–Crippen LogP) is 2.53. The Kier molecular flexibility index (Phi) is 9.74. The van der Waals surface area contributed by atoms with E-state index in [2.05, 4.69) is 20.8 Å². The van der Waals surface area contributed by atoms with E-state index >= 15 is 0 Å². The number of aliphatic imine (C=N–C) groups is 1. The van der Waals surface area contributed by atoms with Crippen molar-refractivity contribution in [3.05, 3.63) is 100 Å². The lowest BCUT2D eigenvalue weighted by molar-refractivity contribution is -0.121. The molecule has 226 valence electrons. The Morgan fingerprint density at radius 1 is 1.00 bits per heavy atom. The van der Waals surface area contributed by atoms with Gasteiger partial charge < -0.3 is 25.4 Å². The number of benzene rings is 3. The SMILES string of the molecule is COc1ccc2c(c1)C(c1ccc(Cl)cc1)=N[C@@H](CC(=O)NCCCCNC(=O)c1cccc(B(O)O)c1)c1nnc(C)n1-2. The number of halogens is 1. The third kappa shape index (κ3) is 6.99. The van der Waals surface area contributed by atoms with Crippen LogP contribution in [0.5, 0.6) is 5.75 Å². The number of rotatable bonds is 11. The maximum atomic E-state index is 13.1. The minimum Gasteiger partial charge on any atom is -0.497 e. The minimum absolute atomic E-state index is 0.0597. The fourth-order valence-electron chi connectivity index (χ4n) is 5.05. The largest absolute Gasteiger partial charge is 0.497 e. The van der Waals surface area contributed by atoms with Crippen molar-refractivity contribution in [2.45, 2.75) is 32.2 Å². The van der Waals surface area contributed by atoms with Crippen LogP contribution in [-0.2, 0) is 4.79 Å². The summed E-state index contributed by atoms with van der Waals surface area (Å²) in [5.74, 6) is 1.41. The number of carbonyl (C=O) groups excluding carboxylic acids is 2.